The minimum atomic E-state index is -4.33. The van der Waals surface area contributed by atoms with Crippen LogP contribution in [0.15, 0.2) is 18.2 Å². The maximum absolute atomic E-state index is 13.4. The lowest BCUT2D eigenvalue weighted by Gasteiger charge is -2.45. The standard InChI is InChI=1S/C27H36F3N3O/c1-17-21-16-33(13-11-26(25(34)31-2)9-4-3-5-10-26)12-8-18(21)14-23-24(17)20-15-19(27(28,29)30)6-7-22(20)32-23/h6-7,15,17-18,21,32H,3-5,8-14,16H2,1-2H3,(H,31,34)/t17-,18-,21-/m1/s1. The van der Waals surface area contributed by atoms with Gasteiger partial charge in [0.05, 0.1) is 11.0 Å². The molecule has 1 saturated carbocycles. The number of piperidine rings is 1. The number of likely N-dealkylation sites (tertiary alicyclic amines) is 1. The van der Waals surface area contributed by atoms with E-state index >= 15 is 0 Å². The monoisotopic (exact) mass is 475 g/mol. The molecule has 1 aromatic heterocycles. The number of rotatable bonds is 4. The van der Waals surface area contributed by atoms with E-state index in [4.69, 9.17) is 0 Å². The van der Waals surface area contributed by atoms with E-state index in [0.717, 1.165) is 86.7 Å². The number of aromatic amines is 1. The highest BCUT2D eigenvalue weighted by Crippen LogP contribution is 2.47. The summed E-state index contributed by atoms with van der Waals surface area (Å²) in [4.78, 5) is 18.7. The molecular weight excluding hydrogens is 439 g/mol. The molecule has 1 aliphatic heterocycles. The zero-order valence-electron chi connectivity index (χ0n) is 20.2. The fourth-order valence-electron chi connectivity index (χ4n) is 7.18. The molecule has 1 aromatic carbocycles. The van der Waals surface area contributed by atoms with Gasteiger partial charge in [-0.25, -0.2) is 0 Å². The number of hydrogen-bond acceptors (Lipinski definition) is 2. The topological polar surface area (TPSA) is 48.1 Å². The smallest absolute Gasteiger partial charge is 0.359 e. The number of amides is 1. The number of halogens is 3. The minimum absolute atomic E-state index is 0.192. The van der Waals surface area contributed by atoms with Crippen molar-refractivity contribution in [3.63, 3.8) is 0 Å². The molecular formula is C27H36F3N3O. The Bertz CT molecular complexity index is 1050. The lowest BCUT2D eigenvalue weighted by atomic mass is 9.67. The predicted octanol–water partition coefficient (Wildman–Crippen LogP) is 5.87. The molecule has 0 radical (unpaired) electrons. The Hall–Kier alpha value is -2.02. The number of carbonyl (C=O) groups excluding carboxylic acids is 1. The van der Waals surface area contributed by atoms with Crippen molar-refractivity contribution in [3.05, 3.63) is 35.0 Å². The summed E-state index contributed by atoms with van der Waals surface area (Å²) in [5, 5.41) is 3.64. The Labute approximate surface area is 199 Å². The quantitative estimate of drug-likeness (QED) is 0.581. The zero-order chi connectivity index (χ0) is 24.1. The van der Waals surface area contributed by atoms with E-state index in [-0.39, 0.29) is 17.2 Å². The van der Waals surface area contributed by atoms with Gasteiger partial charge in [-0.1, -0.05) is 26.2 Å². The van der Waals surface area contributed by atoms with Crippen LogP contribution in [0.25, 0.3) is 10.9 Å². The van der Waals surface area contributed by atoms with Gasteiger partial charge in [-0.15, -0.1) is 0 Å². The lowest BCUT2D eigenvalue weighted by molar-refractivity contribution is -0.137. The minimum Gasteiger partial charge on any atom is -0.359 e. The number of hydrogen-bond donors (Lipinski definition) is 2. The normalized spacial score (nSPS) is 27.3. The molecule has 2 fully saturated rings. The van der Waals surface area contributed by atoms with Crippen molar-refractivity contribution in [2.75, 3.05) is 26.7 Å². The predicted molar refractivity (Wildman–Crippen MR) is 128 cm³/mol. The van der Waals surface area contributed by atoms with Crippen LogP contribution >= 0.6 is 0 Å². The van der Waals surface area contributed by atoms with Crippen LogP contribution in [0.5, 0.6) is 0 Å². The van der Waals surface area contributed by atoms with Gasteiger partial charge in [0.25, 0.3) is 0 Å². The highest BCUT2D eigenvalue weighted by Gasteiger charge is 2.42. The lowest BCUT2D eigenvalue weighted by Crippen LogP contribution is -2.48. The van der Waals surface area contributed by atoms with Gasteiger partial charge < -0.3 is 15.2 Å². The number of benzene rings is 1. The second-order valence-electron chi connectivity index (χ2n) is 11.0. The molecule has 186 valence electrons. The fraction of sp³-hybridized carbons (Fsp3) is 0.667. The average molecular weight is 476 g/mol. The van der Waals surface area contributed by atoms with Crippen LogP contribution in [-0.2, 0) is 17.4 Å². The molecule has 2 heterocycles. The molecule has 7 heteroatoms. The van der Waals surface area contributed by atoms with Crippen molar-refractivity contribution in [1.29, 1.82) is 0 Å². The van der Waals surface area contributed by atoms with E-state index in [0.29, 0.717) is 11.8 Å². The third-order valence-corrected chi connectivity index (χ3v) is 9.13. The van der Waals surface area contributed by atoms with Gasteiger partial charge in [-0.05, 0) is 86.7 Å². The van der Waals surface area contributed by atoms with Crippen LogP contribution in [0.2, 0.25) is 0 Å². The van der Waals surface area contributed by atoms with Crippen LogP contribution in [0.1, 0.15) is 74.6 Å². The first-order chi connectivity index (χ1) is 16.2. The molecule has 0 bridgehead atoms. The van der Waals surface area contributed by atoms with Gasteiger partial charge in [-0.2, -0.15) is 13.2 Å². The summed E-state index contributed by atoms with van der Waals surface area (Å²) in [5.41, 5.74) is 2.20. The van der Waals surface area contributed by atoms with Gasteiger partial charge >= 0.3 is 6.18 Å². The first kappa shape index (κ1) is 23.7. The summed E-state index contributed by atoms with van der Waals surface area (Å²) in [6.07, 6.45) is 3.99. The van der Waals surface area contributed by atoms with Gasteiger partial charge in [0.2, 0.25) is 5.91 Å². The van der Waals surface area contributed by atoms with E-state index in [1.807, 2.05) is 0 Å². The summed E-state index contributed by atoms with van der Waals surface area (Å²) in [5.74, 6) is 1.38. The molecule has 0 spiro atoms. The van der Waals surface area contributed by atoms with E-state index in [1.165, 1.54) is 18.6 Å². The number of fused-ring (bicyclic) bond motifs is 4. The van der Waals surface area contributed by atoms with Crippen LogP contribution in [0.3, 0.4) is 0 Å². The Morgan fingerprint density at radius 1 is 1.24 bits per heavy atom. The van der Waals surface area contributed by atoms with E-state index < -0.39 is 11.7 Å². The SMILES string of the molecule is CNC(=O)C1(CCN2CC[C@@H]3Cc4[nH]c5ccc(C(F)(F)F)cc5c4[C@H](C)[C@H]3C2)CCCCC1. The van der Waals surface area contributed by atoms with Crippen LogP contribution in [0.4, 0.5) is 13.2 Å². The largest absolute Gasteiger partial charge is 0.416 e. The highest BCUT2D eigenvalue weighted by molar-refractivity contribution is 5.86. The van der Waals surface area contributed by atoms with Crippen molar-refractivity contribution in [3.8, 4) is 0 Å². The van der Waals surface area contributed by atoms with Crippen LogP contribution in [0, 0.1) is 17.3 Å². The van der Waals surface area contributed by atoms with E-state index in [9.17, 15) is 18.0 Å². The number of nitrogens with one attached hydrogen (secondary N) is 2. The van der Waals surface area contributed by atoms with Gasteiger partial charge in [0.1, 0.15) is 0 Å². The Morgan fingerprint density at radius 3 is 2.71 bits per heavy atom. The maximum Gasteiger partial charge on any atom is 0.416 e. The number of H-pyrrole nitrogens is 1. The van der Waals surface area contributed by atoms with Gasteiger partial charge in [0.15, 0.2) is 0 Å². The summed E-state index contributed by atoms with van der Waals surface area (Å²) in [6, 6.07) is 4.09. The second kappa shape index (κ2) is 8.89. The van der Waals surface area contributed by atoms with Gasteiger partial charge in [0, 0.05) is 30.2 Å². The third kappa shape index (κ3) is 4.14. The zero-order valence-corrected chi connectivity index (χ0v) is 20.2. The number of aromatic nitrogens is 1. The fourth-order valence-corrected chi connectivity index (χ4v) is 7.18. The van der Waals surface area contributed by atoms with E-state index in [2.05, 4.69) is 22.1 Å². The molecule has 2 N–H and O–H groups in total. The molecule has 0 unspecified atom stereocenters. The first-order valence-corrected chi connectivity index (χ1v) is 12.9. The molecule has 3 atom stereocenters. The van der Waals surface area contributed by atoms with Crippen molar-refractivity contribution < 1.29 is 18.0 Å². The highest BCUT2D eigenvalue weighted by atomic mass is 19.4. The molecule has 1 saturated heterocycles. The van der Waals surface area contributed by atoms with Crippen LogP contribution in [-0.4, -0.2) is 42.5 Å². The number of nitrogens with zero attached hydrogens (tertiary/aromatic N) is 1. The molecule has 2 aromatic rings. The van der Waals surface area contributed by atoms with E-state index in [1.54, 1.807) is 13.1 Å². The molecule has 4 nitrogen and oxygen atoms in total. The average Bonchev–Trinajstić information content (AvgIpc) is 3.20. The van der Waals surface area contributed by atoms with Crippen LogP contribution < -0.4 is 5.32 Å². The van der Waals surface area contributed by atoms with Crippen molar-refractivity contribution in [2.45, 2.75) is 70.4 Å². The van der Waals surface area contributed by atoms with Crippen molar-refractivity contribution in [1.82, 2.24) is 15.2 Å². The summed E-state index contributed by atoms with van der Waals surface area (Å²) < 4.78 is 40.1. The first-order valence-electron chi connectivity index (χ1n) is 12.9. The number of alkyl halides is 3. The Balaban J connectivity index is 1.34. The molecule has 34 heavy (non-hydrogen) atoms. The molecule has 5 rings (SSSR count). The third-order valence-electron chi connectivity index (χ3n) is 9.13. The van der Waals surface area contributed by atoms with Gasteiger partial charge in [-0.3, -0.25) is 4.79 Å². The summed E-state index contributed by atoms with van der Waals surface area (Å²) >= 11 is 0. The molecule has 1 amide bonds. The summed E-state index contributed by atoms with van der Waals surface area (Å²) in [6.45, 7) is 5.11. The number of carbonyl (C=O) groups is 1. The maximum atomic E-state index is 13.4. The van der Waals surface area contributed by atoms with Crippen molar-refractivity contribution >= 4 is 16.8 Å². The Kier molecular flexibility index (Phi) is 6.20. The molecule has 3 aliphatic rings. The summed E-state index contributed by atoms with van der Waals surface area (Å²) in [7, 11) is 1.75. The molecule has 2 aliphatic carbocycles. The van der Waals surface area contributed by atoms with Crippen molar-refractivity contribution in [2.24, 2.45) is 17.3 Å². The Morgan fingerprint density at radius 2 is 2.00 bits per heavy atom. The second-order valence-corrected chi connectivity index (χ2v) is 11.0.